The van der Waals surface area contributed by atoms with E-state index in [2.05, 4.69) is 48.5 Å². The van der Waals surface area contributed by atoms with Gasteiger partial charge in [-0.25, -0.2) is 0 Å². The van der Waals surface area contributed by atoms with Crippen LogP contribution in [0.3, 0.4) is 0 Å². The lowest BCUT2D eigenvalue weighted by atomic mass is 10.1. The molecule has 0 saturated carbocycles. The molecule has 1 saturated heterocycles. The highest BCUT2D eigenvalue weighted by Gasteiger charge is 2.17. The van der Waals surface area contributed by atoms with Crippen molar-refractivity contribution < 1.29 is 0 Å². The molecule has 1 fully saturated rings. The summed E-state index contributed by atoms with van der Waals surface area (Å²) in [5.74, 6) is 0. The number of nitrogens with two attached hydrogens (primary N) is 1. The number of rotatable bonds is 5. The first-order valence-corrected chi connectivity index (χ1v) is 12.4. The highest BCUT2D eigenvalue weighted by atomic mass is 28.3. The molecule has 0 unspecified atom stereocenters. The maximum Gasteiger partial charge on any atom is 0.0443 e. The van der Waals surface area contributed by atoms with Crippen molar-refractivity contribution in [3.05, 3.63) is 23.8 Å². The van der Waals surface area contributed by atoms with Crippen LogP contribution in [0.25, 0.3) is 0 Å². The van der Waals surface area contributed by atoms with E-state index in [4.69, 9.17) is 5.73 Å². The average molecular weight is 320 g/mol. The van der Waals surface area contributed by atoms with Gasteiger partial charge in [0.2, 0.25) is 0 Å². The van der Waals surface area contributed by atoms with Crippen molar-refractivity contribution in [3.8, 4) is 0 Å². The second-order valence-corrected chi connectivity index (χ2v) is 13.5. The second kappa shape index (κ2) is 7.51. The molecular weight excluding hydrogens is 286 g/mol. The van der Waals surface area contributed by atoms with Crippen LogP contribution >= 0.6 is 0 Å². The Kier molecular flexibility index (Phi) is 5.92. The molecule has 0 aliphatic carbocycles. The predicted octanol–water partition coefficient (Wildman–Crippen LogP) is 3.82. The molecule has 4 heteroatoms. The lowest BCUT2D eigenvalue weighted by Gasteiger charge is -2.25. The highest BCUT2D eigenvalue weighted by Crippen LogP contribution is 2.22. The summed E-state index contributed by atoms with van der Waals surface area (Å²) in [5, 5.41) is 0. The first kappa shape index (κ1) is 17.4. The van der Waals surface area contributed by atoms with E-state index in [0.29, 0.717) is 0 Å². The van der Waals surface area contributed by atoms with Crippen LogP contribution < -0.4 is 10.6 Å². The van der Waals surface area contributed by atoms with Gasteiger partial charge in [0.25, 0.3) is 0 Å². The fourth-order valence-corrected chi connectivity index (χ4v) is 4.36. The van der Waals surface area contributed by atoms with Crippen molar-refractivity contribution in [1.82, 2.24) is 4.90 Å². The molecule has 0 aromatic heterocycles. The third kappa shape index (κ3) is 5.32. The molecule has 1 aromatic carbocycles. The van der Waals surface area contributed by atoms with Gasteiger partial charge in [-0.3, -0.25) is 0 Å². The SMILES string of the molecule is Cc1cc(N2CCCN(CCC[Si](C)(C)C)CC2)ccc1N. The van der Waals surface area contributed by atoms with Gasteiger partial charge in [-0.15, -0.1) is 0 Å². The van der Waals surface area contributed by atoms with Crippen LogP contribution in [0.5, 0.6) is 0 Å². The van der Waals surface area contributed by atoms with E-state index in [0.717, 1.165) is 18.8 Å². The second-order valence-electron chi connectivity index (χ2n) is 7.89. The maximum atomic E-state index is 5.94. The minimum Gasteiger partial charge on any atom is -0.399 e. The monoisotopic (exact) mass is 319 g/mol. The van der Waals surface area contributed by atoms with Crippen molar-refractivity contribution in [2.45, 2.75) is 45.5 Å². The summed E-state index contributed by atoms with van der Waals surface area (Å²) in [7, 11) is -0.881. The summed E-state index contributed by atoms with van der Waals surface area (Å²) < 4.78 is 0. The number of hydrogen-bond donors (Lipinski definition) is 1. The molecule has 2 N–H and O–H groups in total. The molecule has 124 valence electrons. The standard InChI is InChI=1S/C18H33N3Si/c1-16-15-17(7-8-18(16)19)21-11-5-9-20(12-13-21)10-6-14-22(2,3)4/h7-8,15H,5-6,9-14,19H2,1-4H3. The summed E-state index contributed by atoms with van der Waals surface area (Å²) in [5.41, 5.74) is 9.35. The Morgan fingerprint density at radius 1 is 1.09 bits per heavy atom. The zero-order valence-electron chi connectivity index (χ0n) is 14.9. The van der Waals surface area contributed by atoms with Crippen LogP contribution in [0.2, 0.25) is 25.7 Å². The lowest BCUT2D eigenvalue weighted by Crippen LogP contribution is -2.32. The van der Waals surface area contributed by atoms with E-state index in [1.54, 1.807) is 0 Å². The van der Waals surface area contributed by atoms with Crippen LogP contribution in [0.4, 0.5) is 11.4 Å². The molecule has 2 rings (SSSR count). The third-order valence-corrected chi connectivity index (χ3v) is 6.46. The lowest BCUT2D eigenvalue weighted by molar-refractivity contribution is 0.294. The summed E-state index contributed by atoms with van der Waals surface area (Å²) in [6, 6.07) is 7.89. The quantitative estimate of drug-likeness (QED) is 0.661. The van der Waals surface area contributed by atoms with E-state index in [9.17, 15) is 0 Å². The van der Waals surface area contributed by atoms with Crippen LogP contribution in [0, 0.1) is 6.92 Å². The average Bonchev–Trinajstić information content (AvgIpc) is 2.66. The molecule has 0 atom stereocenters. The van der Waals surface area contributed by atoms with Gasteiger partial charge in [-0.1, -0.05) is 25.7 Å². The Balaban J connectivity index is 1.85. The molecule has 0 amide bonds. The summed E-state index contributed by atoms with van der Waals surface area (Å²) in [6.07, 6.45) is 2.63. The zero-order chi connectivity index (χ0) is 16.2. The highest BCUT2D eigenvalue weighted by molar-refractivity contribution is 6.76. The van der Waals surface area contributed by atoms with Gasteiger partial charge in [-0.05, 0) is 56.6 Å². The Morgan fingerprint density at radius 3 is 2.55 bits per heavy atom. The van der Waals surface area contributed by atoms with Gasteiger partial charge in [0.1, 0.15) is 0 Å². The molecule has 3 nitrogen and oxygen atoms in total. The van der Waals surface area contributed by atoms with E-state index < -0.39 is 8.07 Å². The number of aryl methyl sites for hydroxylation is 1. The van der Waals surface area contributed by atoms with Crippen molar-refractivity contribution in [3.63, 3.8) is 0 Å². The van der Waals surface area contributed by atoms with E-state index in [-0.39, 0.29) is 0 Å². The number of nitrogens with zero attached hydrogens (tertiary/aromatic N) is 2. The van der Waals surface area contributed by atoms with Gasteiger partial charge in [-0.2, -0.15) is 0 Å². The van der Waals surface area contributed by atoms with Crippen molar-refractivity contribution in [2.24, 2.45) is 0 Å². The predicted molar refractivity (Wildman–Crippen MR) is 102 cm³/mol. The van der Waals surface area contributed by atoms with Crippen LogP contribution in [-0.4, -0.2) is 45.7 Å². The van der Waals surface area contributed by atoms with Gasteiger partial charge >= 0.3 is 0 Å². The fourth-order valence-electron chi connectivity index (χ4n) is 3.14. The topological polar surface area (TPSA) is 32.5 Å². The van der Waals surface area contributed by atoms with Crippen molar-refractivity contribution in [1.29, 1.82) is 0 Å². The minimum absolute atomic E-state index is 0.881. The zero-order valence-corrected chi connectivity index (χ0v) is 15.9. The summed E-state index contributed by atoms with van der Waals surface area (Å²) in [4.78, 5) is 5.18. The third-order valence-electron chi connectivity index (χ3n) is 4.61. The Labute approximate surface area is 137 Å². The van der Waals surface area contributed by atoms with Crippen molar-refractivity contribution in [2.75, 3.05) is 43.4 Å². The molecule has 1 aliphatic heterocycles. The van der Waals surface area contributed by atoms with Gasteiger partial charge in [0.05, 0.1) is 0 Å². The number of nitrogen functional groups attached to an aromatic ring is 1. The van der Waals surface area contributed by atoms with Gasteiger partial charge in [0, 0.05) is 39.1 Å². The van der Waals surface area contributed by atoms with Crippen LogP contribution in [-0.2, 0) is 0 Å². The molecule has 1 aliphatic rings. The molecule has 0 spiro atoms. The first-order valence-electron chi connectivity index (χ1n) is 8.69. The molecule has 0 radical (unpaired) electrons. The molecule has 0 bridgehead atoms. The Morgan fingerprint density at radius 2 is 1.86 bits per heavy atom. The Hall–Kier alpha value is -1.00. The summed E-state index contributed by atoms with van der Waals surface area (Å²) >= 11 is 0. The van der Waals surface area contributed by atoms with E-state index in [1.165, 1.54) is 49.8 Å². The first-order chi connectivity index (χ1) is 10.3. The molecule has 1 heterocycles. The largest absolute Gasteiger partial charge is 0.399 e. The van der Waals surface area contributed by atoms with Crippen LogP contribution in [0.15, 0.2) is 18.2 Å². The van der Waals surface area contributed by atoms with Crippen LogP contribution in [0.1, 0.15) is 18.4 Å². The summed E-state index contributed by atoms with van der Waals surface area (Å²) in [6.45, 7) is 15.5. The molecule has 22 heavy (non-hydrogen) atoms. The number of hydrogen-bond acceptors (Lipinski definition) is 3. The number of benzene rings is 1. The maximum absolute atomic E-state index is 5.94. The van der Waals surface area contributed by atoms with Crippen molar-refractivity contribution >= 4 is 19.4 Å². The fraction of sp³-hybridized carbons (Fsp3) is 0.667. The number of anilines is 2. The Bertz CT molecular complexity index is 482. The van der Waals surface area contributed by atoms with E-state index in [1.807, 2.05) is 6.07 Å². The van der Waals surface area contributed by atoms with Gasteiger partial charge < -0.3 is 15.5 Å². The van der Waals surface area contributed by atoms with Gasteiger partial charge in [0.15, 0.2) is 0 Å². The minimum atomic E-state index is -0.881. The molecular formula is C18H33N3Si. The normalized spacial score (nSPS) is 17.5. The molecule has 1 aromatic rings. The smallest absolute Gasteiger partial charge is 0.0443 e. The van der Waals surface area contributed by atoms with E-state index >= 15 is 0 Å².